The number of para-hydroxylation sites is 2. The number of benzene rings is 3. The fraction of sp³-hybridized carbons (Fsp3) is 0.222. The van der Waals surface area contributed by atoms with E-state index in [9.17, 15) is 14.4 Å². The normalized spacial score (nSPS) is 15.3. The van der Waals surface area contributed by atoms with Gasteiger partial charge in [0.1, 0.15) is 6.04 Å². The lowest BCUT2D eigenvalue weighted by atomic mass is 9.95. The predicted molar refractivity (Wildman–Crippen MR) is 129 cm³/mol. The van der Waals surface area contributed by atoms with Gasteiger partial charge >= 0.3 is 0 Å². The summed E-state index contributed by atoms with van der Waals surface area (Å²) < 4.78 is 0. The molecule has 2 N–H and O–H groups in total. The Balaban J connectivity index is 1.52. The van der Waals surface area contributed by atoms with Crippen LogP contribution in [0.5, 0.6) is 0 Å². The molecule has 0 saturated carbocycles. The first-order chi connectivity index (χ1) is 15.9. The smallest absolute Gasteiger partial charge is 0.249 e. The number of anilines is 2. The van der Waals surface area contributed by atoms with E-state index < -0.39 is 12.0 Å². The Kier molecular flexibility index (Phi) is 6.54. The summed E-state index contributed by atoms with van der Waals surface area (Å²) in [5.41, 5.74) is 4.25. The Morgan fingerprint density at radius 1 is 0.970 bits per heavy atom. The molecule has 1 heterocycles. The molecule has 1 aliphatic heterocycles. The average Bonchev–Trinajstić information content (AvgIpc) is 3.15. The van der Waals surface area contributed by atoms with Crippen LogP contribution in [-0.4, -0.2) is 30.8 Å². The summed E-state index contributed by atoms with van der Waals surface area (Å²) in [6.45, 7) is 1.93. The standard InChI is InChI=1S/C27H27N3O3/c1-18-10-9-15-21-22(26(32)29-25(18)21)17-24(31)28-23(16-19-11-5-3-6-12-19)27(33)30(2)20-13-7-4-8-14-20/h3-15,22-23H,16-17H2,1-2H3,(H,28,31)(H,29,32)/t22?,23-/m0/s1. The van der Waals surface area contributed by atoms with E-state index in [2.05, 4.69) is 10.6 Å². The number of carbonyl (C=O) groups is 3. The topological polar surface area (TPSA) is 78.5 Å². The van der Waals surface area contributed by atoms with E-state index in [4.69, 9.17) is 0 Å². The minimum Gasteiger partial charge on any atom is -0.344 e. The van der Waals surface area contributed by atoms with Gasteiger partial charge in [0.2, 0.25) is 17.7 Å². The molecule has 33 heavy (non-hydrogen) atoms. The third-order valence-corrected chi connectivity index (χ3v) is 6.02. The predicted octanol–water partition coefficient (Wildman–Crippen LogP) is 3.81. The Hall–Kier alpha value is -3.93. The van der Waals surface area contributed by atoms with Crippen LogP contribution in [0.1, 0.15) is 29.0 Å². The van der Waals surface area contributed by atoms with Crippen LogP contribution >= 0.6 is 0 Å². The highest BCUT2D eigenvalue weighted by Crippen LogP contribution is 2.36. The van der Waals surface area contributed by atoms with E-state index in [-0.39, 0.29) is 24.1 Å². The monoisotopic (exact) mass is 441 g/mol. The second-order valence-corrected chi connectivity index (χ2v) is 8.33. The van der Waals surface area contributed by atoms with Crippen LogP contribution in [0, 0.1) is 6.92 Å². The molecular formula is C27H27N3O3. The van der Waals surface area contributed by atoms with Crippen LogP contribution in [0.3, 0.4) is 0 Å². The van der Waals surface area contributed by atoms with E-state index in [1.54, 1.807) is 11.9 Å². The first kappa shape index (κ1) is 22.3. The fourth-order valence-electron chi connectivity index (χ4n) is 4.21. The number of likely N-dealkylation sites (N-methyl/N-ethyl adjacent to an activating group) is 1. The van der Waals surface area contributed by atoms with Gasteiger partial charge in [0, 0.05) is 31.3 Å². The van der Waals surface area contributed by atoms with Gasteiger partial charge in [0.15, 0.2) is 0 Å². The summed E-state index contributed by atoms with van der Waals surface area (Å²) in [6, 6.07) is 23.8. The largest absolute Gasteiger partial charge is 0.344 e. The van der Waals surface area contributed by atoms with Gasteiger partial charge in [-0.3, -0.25) is 14.4 Å². The van der Waals surface area contributed by atoms with Crippen LogP contribution < -0.4 is 15.5 Å². The van der Waals surface area contributed by atoms with Crippen LogP contribution in [0.2, 0.25) is 0 Å². The average molecular weight is 442 g/mol. The molecule has 6 nitrogen and oxygen atoms in total. The molecule has 3 aromatic carbocycles. The maximum Gasteiger partial charge on any atom is 0.249 e. The molecule has 0 radical (unpaired) electrons. The van der Waals surface area contributed by atoms with Gasteiger partial charge in [-0.1, -0.05) is 66.7 Å². The Morgan fingerprint density at radius 3 is 2.33 bits per heavy atom. The molecule has 0 bridgehead atoms. The van der Waals surface area contributed by atoms with E-state index >= 15 is 0 Å². The number of aryl methyl sites for hydroxylation is 1. The Labute approximate surface area is 193 Å². The second-order valence-electron chi connectivity index (χ2n) is 8.33. The molecule has 3 aromatic rings. The van der Waals surface area contributed by atoms with Gasteiger partial charge in [-0.2, -0.15) is 0 Å². The lowest BCUT2D eigenvalue weighted by Gasteiger charge is -2.25. The minimum absolute atomic E-state index is 0.0179. The maximum atomic E-state index is 13.4. The lowest BCUT2D eigenvalue weighted by molar-refractivity contribution is -0.128. The van der Waals surface area contributed by atoms with E-state index in [0.717, 1.165) is 28.1 Å². The molecule has 0 saturated heterocycles. The van der Waals surface area contributed by atoms with Crippen molar-refractivity contribution >= 4 is 29.1 Å². The second kappa shape index (κ2) is 9.69. The summed E-state index contributed by atoms with van der Waals surface area (Å²) >= 11 is 0. The first-order valence-corrected chi connectivity index (χ1v) is 11.0. The molecule has 0 aliphatic carbocycles. The molecule has 6 heteroatoms. The number of nitrogens with one attached hydrogen (secondary N) is 2. The highest BCUT2D eigenvalue weighted by molar-refractivity contribution is 6.06. The molecule has 0 aromatic heterocycles. The summed E-state index contributed by atoms with van der Waals surface area (Å²) in [6.07, 6.45) is 0.338. The van der Waals surface area contributed by atoms with Crippen molar-refractivity contribution in [3.63, 3.8) is 0 Å². The molecule has 0 spiro atoms. The van der Waals surface area contributed by atoms with Crippen molar-refractivity contribution < 1.29 is 14.4 Å². The SMILES string of the molecule is Cc1cccc2c1NC(=O)C2CC(=O)N[C@@H](Cc1ccccc1)C(=O)N(C)c1ccccc1. The zero-order valence-electron chi connectivity index (χ0n) is 18.7. The van der Waals surface area contributed by atoms with Crippen molar-refractivity contribution in [1.82, 2.24) is 5.32 Å². The van der Waals surface area contributed by atoms with Gasteiger partial charge in [-0.05, 0) is 35.7 Å². The quantitative estimate of drug-likeness (QED) is 0.585. The number of fused-ring (bicyclic) bond motifs is 1. The van der Waals surface area contributed by atoms with Crippen molar-refractivity contribution in [2.24, 2.45) is 0 Å². The molecule has 1 unspecified atom stereocenters. The van der Waals surface area contributed by atoms with E-state index in [1.807, 2.05) is 85.8 Å². The fourth-order valence-corrected chi connectivity index (χ4v) is 4.21. The summed E-state index contributed by atoms with van der Waals surface area (Å²) in [5.74, 6) is -1.31. The molecule has 2 atom stereocenters. The maximum absolute atomic E-state index is 13.4. The third kappa shape index (κ3) is 4.95. The van der Waals surface area contributed by atoms with Crippen molar-refractivity contribution in [1.29, 1.82) is 0 Å². The van der Waals surface area contributed by atoms with Crippen LogP contribution in [-0.2, 0) is 20.8 Å². The number of nitrogens with zero attached hydrogens (tertiary/aromatic N) is 1. The van der Waals surface area contributed by atoms with Crippen molar-refractivity contribution in [2.75, 3.05) is 17.3 Å². The summed E-state index contributed by atoms with van der Waals surface area (Å²) in [7, 11) is 1.70. The van der Waals surface area contributed by atoms with Crippen LogP contribution in [0.4, 0.5) is 11.4 Å². The molecular weight excluding hydrogens is 414 g/mol. The van der Waals surface area contributed by atoms with E-state index in [1.165, 1.54) is 0 Å². The summed E-state index contributed by atoms with van der Waals surface area (Å²) in [4.78, 5) is 40.5. The number of rotatable bonds is 7. The minimum atomic E-state index is -0.758. The Morgan fingerprint density at radius 2 is 1.64 bits per heavy atom. The van der Waals surface area contributed by atoms with Crippen molar-refractivity contribution in [3.05, 3.63) is 95.6 Å². The number of hydrogen-bond acceptors (Lipinski definition) is 3. The van der Waals surface area contributed by atoms with Gasteiger partial charge in [-0.25, -0.2) is 0 Å². The molecule has 4 rings (SSSR count). The first-order valence-electron chi connectivity index (χ1n) is 11.0. The molecule has 1 aliphatic rings. The molecule has 168 valence electrons. The van der Waals surface area contributed by atoms with Crippen LogP contribution in [0.25, 0.3) is 0 Å². The van der Waals surface area contributed by atoms with Crippen LogP contribution in [0.15, 0.2) is 78.9 Å². The van der Waals surface area contributed by atoms with Gasteiger partial charge < -0.3 is 15.5 Å². The number of hydrogen-bond donors (Lipinski definition) is 2. The number of carbonyl (C=O) groups excluding carboxylic acids is 3. The van der Waals surface area contributed by atoms with Gasteiger partial charge in [0.05, 0.1) is 5.92 Å². The zero-order valence-corrected chi connectivity index (χ0v) is 18.7. The zero-order chi connectivity index (χ0) is 23.4. The number of amides is 3. The molecule has 0 fully saturated rings. The van der Waals surface area contributed by atoms with Gasteiger partial charge in [0.25, 0.3) is 0 Å². The van der Waals surface area contributed by atoms with Crippen molar-refractivity contribution in [3.8, 4) is 0 Å². The highest BCUT2D eigenvalue weighted by Gasteiger charge is 2.34. The Bertz CT molecular complexity index is 1160. The highest BCUT2D eigenvalue weighted by atomic mass is 16.2. The van der Waals surface area contributed by atoms with Crippen molar-refractivity contribution in [2.45, 2.75) is 31.7 Å². The lowest BCUT2D eigenvalue weighted by Crippen LogP contribution is -2.49. The van der Waals surface area contributed by atoms with E-state index in [0.29, 0.717) is 6.42 Å². The molecule has 3 amide bonds. The summed E-state index contributed by atoms with van der Waals surface area (Å²) in [5, 5.41) is 5.78. The van der Waals surface area contributed by atoms with Gasteiger partial charge in [-0.15, -0.1) is 0 Å². The third-order valence-electron chi connectivity index (χ3n) is 6.02.